The number of hydrogen-bond donors (Lipinski definition) is 4. The van der Waals surface area contributed by atoms with Crippen molar-refractivity contribution in [2.75, 3.05) is 7.11 Å². The van der Waals surface area contributed by atoms with E-state index >= 15 is 0 Å². The molecule has 2 aliphatic rings. The Morgan fingerprint density at radius 3 is 2.52 bits per heavy atom. The van der Waals surface area contributed by atoms with Crippen LogP contribution in [0.4, 0.5) is 0 Å². The lowest BCUT2D eigenvalue weighted by atomic mass is 9.68. The van der Waals surface area contributed by atoms with Crippen molar-refractivity contribution in [2.24, 2.45) is 0 Å². The summed E-state index contributed by atoms with van der Waals surface area (Å²) in [6.07, 6.45) is 2.09. The normalized spacial score (nSPS) is 44.7. The number of fused-ring (bicyclic) bond motifs is 1. The van der Waals surface area contributed by atoms with Gasteiger partial charge in [-0.15, -0.1) is 0 Å². The van der Waals surface area contributed by atoms with Gasteiger partial charge in [0.1, 0.15) is 18.3 Å². The van der Waals surface area contributed by atoms with Crippen LogP contribution in [0.5, 0.6) is 0 Å². The van der Waals surface area contributed by atoms with Crippen molar-refractivity contribution < 1.29 is 34.7 Å². The molecular formula is C16H22O7. The van der Waals surface area contributed by atoms with Gasteiger partial charge >= 0.3 is 0 Å². The molecule has 0 saturated carbocycles. The van der Waals surface area contributed by atoms with Gasteiger partial charge in [0.25, 0.3) is 0 Å². The van der Waals surface area contributed by atoms with E-state index in [2.05, 4.69) is 0 Å². The van der Waals surface area contributed by atoms with Gasteiger partial charge in [-0.2, -0.15) is 0 Å². The summed E-state index contributed by atoms with van der Waals surface area (Å²) in [5, 5.41) is 41.7. The molecule has 0 aromatic carbocycles. The van der Waals surface area contributed by atoms with Crippen molar-refractivity contribution in [2.45, 2.75) is 49.7 Å². The second kappa shape index (κ2) is 6.27. The number of allylic oxidation sites excluding steroid dienone is 3. The number of ketones is 1. The Balaban J connectivity index is 2.50. The topological polar surface area (TPSA) is 116 Å². The predicted molar refractivity (Wildman–Crippen MR) is 80.3 cm³/mol. The summed E-state index contributed by atoms with van der Waals surface area (Å²) in [4.78, 5) is 12.0. The number of carbonyl (C=O) groups excluding carboxylic acids is 1. The number of methoxy groups -OCH3 is 1. The van der Waals surface area contributed by atoms with E-state index in [1.165, 1.54) is 7.11 Å². The molecule has 0 spiro atoms. The van der Waals surface area contributed by atoms with Crippen LogP contribution in [0.2, 0.25) is 0 Å². The number of hydrogen-bond acceptors (Lipinski definition) is 7. The third-order valence-corrected chi connectivity index (χ3v) is 4.29. The van der Waals surface area contributed by atoms with Gasteiger partial charge in [0.2, 0.25) is 0 Å². The van der Waals surface area contributed by atoms with Crippen LogP contribution in [-0.4, -0.2) is 69.1 Å². The van der Waals surface area contributed by atoms with Crippen LogP contribution in [0.3, 0.4) is 0 Å². The standard InChI is InChI=1S/C16H22O7/c1-4-5-6-7-10-12(18)9-8-11(17)15(2,20)13(19)16(9,21)14(22-3)23-10/h4-8,10,12-14,18-21H,1-3H3/t10-,12+,13-,14+,15-,16-/m1/s1. The fraction of sp³-hybridized carbons (Fsp3) is 0.562. The highest BCUT2D eigenvalue weighted by molar-refractivity contribution is 5.99. The van der Waals surface area contributed by atoms with Crippen molar-refractivity contribution in [1.82, 2.24) is 0 Å². The summed E-state index contributed by atoms with van der Waals surface area (Å²) in [6.45, 7) is 2.91. The van der Waals surface area contributed by atoms with Gasteiger partial charge in [0.05, 0.1) is 0 Å². The molecule has 4 N–H and O–H groups in total. The molecule has 1 fully saturated rings. The number of aliphatic hydroxyl groups excluding tert-OH is 2. The largest absolute Gasteiger partial charge is 0.386 e. The molecule has 0 radical (unpaired) electrons. The second-order valence-corrected chi connectivity index (χ2v) is 5.86. The summed E-state index contributed by atoms with van der Waals surface area (Å²) in [6, 6.07) is 0. The minimum absolute atomic E-state index is 0.144. The molecule has 1 saturated heterocycles. The maximum absolute atomic E-state index is 12.0. The SMILES string of the molecule is CC=CC=C[C@H]1O[C@H](OC)[C@@]2(O)C(=CC(=O)[C@@](C)(O)[C@H]2O)[C@@H]1O. The lowest BCUT2D eigenvalue weighted by Gasteiger charge is -2.52. The average molecular weight is 326 g/mol. The molecule has 1 heterocycles. The predicted octanol–water partition coefficient (Wildman–Crippen LogP) is -0.797. The highest BCUT2D eigenvalue weighted by Gasteiger charge is 2.64. The molecule has 0 amide bonds. The van der Waals surface area contributed by atoms with Gasteiger partial charge in [0, 0.05) is 12.7 Å². The third kappa shape index (κ3) is 2.69. The van der Waals surface area contributed by atoms with E-state index in [0.717, 1.165) is 13.0 Å². The summed E-state index contributed by atoms with van der Waals surface area (Å²) in [7, 11) is 1.25. The molecule has 1 aliphatic heterocycles. The Bertz CT molecular complexity index is 563. The Morgan fingerprint density at radius 2 is 1.96 bits per heavy atom. The van der Waals surface area contributed by atoms with Gasteiger partial charge in [-0.25, -0.2) is 0 Å². The summed E-state index contributed by atoms with van der Waals surface area (Å²) in [5.41, 5.74) is -4.60. The lowest BCUT2D eigenvalue weighted by molar-refractivity contribution is -0.301. The van der Waals surface area contributed by atoms with Crippen molar-refractivity contribution in [3.63, 3.8) is 0 Å². The summed E-state index contributed by atoms with van der Waals surface area (Å²) in [5.74, 6) is -0.809. The first kappa shape index (κ1) is 18.0. The Hall–Kier alpha value is -1.35. The van der Waals surface area contributed by atoms with Crippen LogP contribution >= 0.6 is 0 Å². The first-order valence-electron chi connectivity index (χ1n) is 7.26. The van der Waals surface area contributed by atoms with Crippen LogP contribution < -0.4 is 0 Å². The molecule has 6 atom stereocenters. The molecule has 7 nitrogen and oxygen atoms in total. The highest BCUT2D eigenvalue weighted by atomic mass is 16.7. The summed E-state index contributed by atoms with van der Waals surface area (Å²) >= 11 is 0. The zero-order valence-corrected chi connectivity index (χ0v) is 13.2. The number of aliphatic hydroxyl groups is 4. The Kier molecular flexibility index (Phi) is 4.91. The Labute approximate surface area is 134 Å². The van der Waals surface area contributed by atoms with Crippen molar-refractivity contribution >= 4 is 5.78 Å². The smallest absolute Gasteiger partial charge is 0.193 e. The van der Waals surface area contributed by atoms with Crippen LogP contribution in [0.25, 0.3) is 0 Å². The van der Waals surface area contributed by atoms with Crippen molar-refractivity contribution in [3.8, 4) is 0 Å². The fourth-order valence-corrected chi connectivity index (χ4v) is 2.88. The maximum Gasteiger partial charge on any atom is 0.193 e. The van der Waals surface area contributed by atoms with Crippen molar-refractivity contribution in [3.05, 3.63) is 36.0 Å². The van der Waals surface area contributed by atoms with E-state index in [1.54, 1.807) is 24.3 Å². The van der Waals surface area contributed by atoms with E-state index in [9.17, 15) is 25.2 Å². The average Bonchev–Trinajstić information content (AvgIpc) is 2.51. The molecule has 0 unspecified atom stereocenters. The van der Waals surface area contributed by atoms with Crippen molar-refractivity contribution in [1.29, 1.82) is 0 Å². The first-order chi connectivity index (χ1) is 10.7. The van der Waals surface area contributed by atoms with E-state index < -0.39 is 41.6 Å². The first-order valence-corrected chi connectivity index (χ1v) is 7.26. The number of carbonyl (C=O) groups is 1. The number of ether oxygens (including phenoxy) is 2. The van der Waals surface area contributed by atoms with Crippen LogP contribution in [0, 0.1) is 0 Å². The lowest BCUT2D eigenvalue weighted by Crippen LogP contribution is -2.72. The van der Waals surface area contributed by atoms with Gasteiger partial charge in [0.15, 0.2) is 23.3 Å². The van der Waals surface area contributed by atoms with E-state index in [-0.39, 0.29) is 5.57 Å². The van der Waals surface area contributed by atoms with Crippen LogP contribution in [0.1, 0.15) is 13.8 Å². The minimum Gasteiger partial charge on any atom is -0.386 e. The maximum atomic E-state index is 12.0. The zero-order valence-electron chi connectivity index (χ0n) is 13.2. The minimum atomic E-state index is -2.24. The van der Waals surface area contributed by atoms with E-state index in [0.29, 0.717) is 0 Å². The summed E-state index contributed by atoms with van der Waals surface area (Å²) < 4.78 is 10.6. The van der Waals surface area contributed by atoms with Gasteiger partial charge in [-0.3, -0.25) is 4.79 Å². The quantitative estimate of drug-likeness (QED) is 0.502. The molecule has 0 bridgehead atoms. The molecule has 0 aromatic heterocycles. The molecule has 2 rings (SSSR count). The fourth-order valence-electron chi connectivity index (χ4n) is 2.88. The van der Waals surface area contributed by atoms with Crippen LogP contribution in [0.15, 0.2) is 36.0 Å². The second-order valence-electron chi connectivity index (χ2n) is 5.86. The van der Waals surface area contributed by atoms with Gasteiger partial charge < -0.3 is 29.9 Å². The Morgan fingerprint density at radius 1 is 1.30 bits per heavy atom. The molecular weight excluding hydrogens is 304 g/mol. The highest BCUT2D eigenvalue weighted by Crippen LogP contribution is 2.44. The molecule has 7 heteroatoms. The van der Waals surface area contributed by atoms with E-state index in [1.807, 2.05) is 6.92 Å². The van der Waals surface area contributed by atoms with Gasteiger partial charge in [-0.05, 0) is 19.9 Å². The zero-order chi connectivity index (χ0) is 17.4. The third-order valence-electron chi connectivity index (χ3n) is 4.29. The molecule has 1 aliphatic carbocycles. The number of rotatable bonds is 3. The monoisotopic (exact) mass is 326 g/mol. The van der Waals surface area contributed by atoms with Crippen LogP contribution in [-0.2, 0) is 14.3 Å². The molecule has 128 valence electrons. The molecule has 23 heavy (non-hydrogen) atoms. The van der Waals surface area contributed by atoms with Gasteiger partial charge in [-0.1, -0.05) is 24.3 Å². The molecule has 0 aromatic rings. The van der Waals surface area contributed by atoms with E-state index in [4.69, 9.17) is 9.47 Å².